The first kappa shape index (κ1) is 21.2. The summed E-state index contributed by atoms with van der Waals surface area (Å²) < 4.78 is 11.0. The third-order valence-corrected chi connectivity index (χ3v) is 4.56. The van der Waals surface area contributed by atoms with Gasteiger partial charge in [-0.25, -0.2) is 0 Å². The summed E-state index contributed by atoms with van der Waals surface area (Å²) in [6.07, 6.45) is 4.67. The molecule has 0 saturated heterocycles. The Kier molecular flexibility index (Phi) is 7.66. The van der Waals surface area contributed by atoms with Crippen molar-refractivity contribution in [1.29, 1.82) is 0 Å². The summed E-state index contributed by atoms with van der Waals surface area (Å²) in [5.41, 5.74) is 1.23. The smallest absolute Gasteiger partial charge is 0.259 e. The van der Waals surface area contributed by atoms with Gasteiger partial charge in [0.05, 0.1) is 36.2 Å². The van der Waals surface area contributed by atoms with Crippen molar-refractivity contribution in [3.63, 3.8) is 0 Å². The van der Waals surface area contributed by atoms with E-state index in [0.29, 0.717) is 34.9 Å². The normalized spacial score (nSPS) is 10.4. The second-order valence-electron chi connectivity index (χ2n) is 6.81. The highest BCUT2D eigenvalue weighted by atomic mass is 16.5. The van der Waals surface area contributed by atoms with Crippen molar-refractivity contribution in [2.24, 2.45) is 0 Å². The minimum absolute atomic E-state index is 0.266. The molecule has 0 atom stereocenters. The molecule has 156 valence electrons. The number of carbonyl (C=O) groups excluding carboxylic acids is 2. The van der Waals surface area contributed by atoms with Crippen LogP contribution >= 0.6 is 0 Å². The zero-order valence-corrected chi connectivity index (χ0v) is 17.0. The number of benzene rings is 2. The average Bonchev–Trinajstić information content (AvgIpc) is 3.29. The maximum absolute atomic E-state index is 12.9. The van der Waals surface area contributed by atoms with Gasteiger partial charge in [0.25, 0.3) is 11.8 Å². The van der Waals surface area contributed by atoms with Crippen molar-refractivity contribution in [2.45, 2.75) is 32.7 Å². The lowest BCUT2D eigenvalue weighted by Gasteiger charge is -2.14. The lowest BCUT2D eigenvalue weighted by atomic mass is 10.1. The summed E-state index contributed by atoms with van der Waals surface area (Å²) in [7, 11) is 0. The van der Waals surface area contributed by atoms with Crippen LogP contribution in [0.1, 0.15) is 52.7 Å². The summed E-state index contributed by atoms with van der Waals surface area (Å²) in [5.74, 6) is 0.559. The summed E-state index contributed by atoms with van der Waals surface area (Å²) in [4.78, 5) is 25.5. The van der Waals surface area contributed by atoms with Crippen molar-refractivity contribution in [2.75, 3.05) is 11.9 Å². The number of amides is 2. The lowest BCUT2D eigenvalue weighted by Crippen LogP contribution is -2.24. The summed E-state index contributed by atoms with van der Waals surface area (Å²) in [6.45, 7) is 2.95. The monoisotopic (exact) mass is 406 g/mol. The number of unbranched alkanes of at least 4 members (excludes halogenated alkanes) is 2. The molecule has 0 saturated carbocycles. The average molecular weight is 406 g/mol. The standard InChI is InChI=1S/C24H26N2O4/c1-2-3-8-15-30-22-14-7-5-12-20(22)24(28)26-21-13-6-4-11-19(21)23(27)25-17-18-10-9-16-29-18/h4-7,9-14,16H,2-3,8,15,17H2,1H3,(H,25,27)(H,26,28). The van der Waals surface area contributed by atoms with E-state index in [1.165, 1.54) is 0 Å². The predicted molar refractivity (Wildman–Crippen MR) is 116 cm³/mol. The van der Waals surface area contributed by atoms with Gasteiger partial charge in [0.2, 0.25) is 0 Å². The number of nitrogens with one attached hydrogen (secondary N) is 2. The highest BCUT2D eigenvalue weighted by Crippen LogP contribution is 2.22. The number of rotatable bonds is 10. The van der Waals surface area contributed by atoms with Gasteiger partial charge in [0, 0.05) is 0 Å². The van der Waals surface area contributed by atoms with Gasteiger partial charge >= 0.3 is 0 Å². The number of furan rings is 1. The molecule has 0 unspecified atom stereocenters. The number of anilines is 1. The molecule has 3 aromatic rings. The molecule has 0 aliphatic rings. The third-order valence-electron chi connectivity index (χ3n) is 4.56. The van der Waals surface area contributed by atoms with E-state index >= 15 is 0 Å². The van der Waals surface area contributed by atoms with Crippen molar-refractivity contribution in [3.05, 3.63) is 83.8 Å². The quantitative estimate of drug-likeness (QED) is 0.463. The van der Waals surface area contributed by atoms with Crippen molar-refractivity contribution >= 4 is 17.5 Å². The van der Waals surface area contributed by atoms with E-state index in [1.807, 2.05) is 6.07 Å². The number of hydrogen-bond donors (Lipinski definition) is 2. The molecule has 0 fully saturated rings. The van der Waals surface area contributed by atoms with Gasteiger partial charge in [0.1, 0.15) is 11.5 Å². The Hall–Kier alpha value is -3.54. The van der Waals surface area contributed by atoms with Crippen LogP contribution in [-0.4, -0.2) is 18.4 Å². The van der Waals surface area contributed by atoms with Crippen molar-refractivity contribution in [1.82, 2.24) is 5.32 Å². The van der Waals surface area contributed by atoms with Crippen LogP contribution in [0.3, 0.4) is 0 Å². The van der Waals surface area contributed by atoms with E-state index in [-0.39, 0.29) is 18.4 Å². The van der Waals surface area contributed by atoms with Crippen LogP contribution in [0.15, 0.2) is 71.3 Å². The number of para-hydroxylation sites is 2. The number of ether oxygens (including phenoxy) is 1. The maximum atomic E-state index is 12.9. The molecule has 0 aliphatic carbocycles. The van der Waals surface area contributed by atoms with E-state index in [4.69, 9.17) is 9.15 Å². The Balaban J connectivity index is 1.69. The minimum atomic E-state index is -0.327. The van der Waals surface area contributed by atoms with Gasteiger partial charge in [0.15, 0.2) is 0 Å². The molecule has 0 aliphatic heterocycles. The van der Waals surface area contributed by atoms with Gasteiger partial charge in [-0.3, -0.25) is 9.59 Å². The van der Waals surface area contributed by atoms with Crippen LogP contribution in [0.5, 0.6) is 5.75 Å². The first-order valence-electron chi connectivity index (χ1n) is 10.1. The fraction of sp³-hybridized carbons (Fsp3) is 0.250. The zero-order chi connectivity index (χ0) is 21.2. The molecule has 6 nitrogen and oxygen atoms in total. The van der Waals surface area contributed by atoms with Crippen LogP contribution in [0.4, 0.5) is 5.69 Å². The fourth-order valence-corrected chi connectivity index (χ4v) is 2.97. The molecule has 0 radical (unpaired) electrons. The summed E-state index contributed by atoms with van der Waals surface area (Å²) in [6, 6.07) is 17.5. The molecule has 3 rings (SSSR count). The first-order valence-corrected chi connectivity index (χ1v) is 10.1. The Morgan fingerprint density at radius 3 is 2.43 bits per heavy atom. The van der Waals surface area contributed by atoms with Crippen molar-refractivity contribution in [3.8, 4) is 5.75 Å². The van der Waals surface area contributed by atoms with E-state index < -0.39 is 0 Å². The van der Waals surface area contributed by atoms with Crippen molar-refractivity contribution < 1.29 is 18.7 Å². The summed E-state index contributed by atoms with van der Waals surface area (Å²) >= 11 is 0. The number of carbonyl (C=O) groups is 2. The van der Waals surface area contributed by atoms with E-state index in [0.717, 1.165) is 19.3 Å². The SMILES string of the molecule is CCCCCOc1ccccc1C(=O)Nc1ccccc1C(=O)NCc1ccco1. The van der Waals surface area contributed by atoms with E-state index in [1.54, 1.807) is 60.9 Å². The van der Waals surface area contributed by atoms with Crippen LogP contribution < -0.4 is 15.4 Å². The van der Waals surface area contributed by atoms with Crippen LogP contribution in [0.2, 0.25) is 0 Å². The Morgan fingerprint density at radius 2 is 1.67 bits per heavy atom. The van der Waals surface area contributed by atoms with Crippen LogP contribution in [0, 0.1) is 0 Å². The van der Waals surface area contributed by atoms with Gasteiger partial charge in [-0.15, -0.1) is 0 Å². The third kappa shape index (κ3) is 5.73. The minimum Gasteiger partial charge on any atom is -0.493 e. The molecule has 2 aromatic carbocycles. The number of hydrogen-bond acceptors (Lipinski definition) is 4. The molecule has 0 spiro atoms. The van der Waals surface area contributed by atoms with E-state index in [9.17, 15) is 9.59 Å². The highest BCUT2D eigenvalue weighted by molar-refractivity contribution is 6.10. The van der Waals surface area contributed by atoms with Gasteiger partial charge < -0.3 is 19.8 Å². The second kappa shape index (κ2) is 10.9. The van der Waals surface area contributed by atoms with E-state index in [2.05, 4.69) is 17.6 Å². The largest absolute Gasteiger partial charge is 0.493 e. The van der Waals surface area contributed by atoms with Gasteiger partial charge in [-0.1, -0.05) is 44.0 Å². The second-order valence-corrected chi connectivity index (χ2v) is 6.81. The van der Waals surface area contributed by atoms with Crippen LogP contribution in [-0.2, 0) is 6.54 Å². The summed E-state index contributed by atoms with van der Waals surface area (Å²) in [5, 5.41) is 5.64. The van der Waals surface area contributed by atoms with Gasteiger partial charge in [-0.2, -0.15) is 0 Å². The van der Waals surface area contributed by atoms with Gasteiger partial charge in [-0.05, 0) is 42.8 Å². The predicted octanol–water partition coefficient (Wildman–Crippen LogP) is 5.03. The Labute approximate surface area is 176 Å². The molecule has 0 bridgehead atoms. The molecule has 6 heteroatoms. The molecule has 2 amide bonds. The van der Waals surface area contributed by atoms with Crippen LogP contribution in [0.25, 0.3) is 0 Å². The Morgan fingerprint density at radius 1 is 0.900 bits per heavy atom. The molecule has 1 heterocycles. The zero-order valence-electron chi connectivity index (χ0n) is 17.0. The molecule has 2 N–H and O–H groups in total. The lowest BCUT2D eigenvalue weighted by molar-refractivity contribution is 0.0949. The fourth-order valence-electron chi connectivity index (χ4n) is 2.97. The molecular weight excluding hydrogens is 380 g/mol. The Bertz CT molecular complexity index is 967. The topological polar surface area (TPSA) is 80.6 Å². The first-order chi connectivity index (χ1) is 14.7. The molecule has 1 aromatic heterocycles. The molecular formula is C24H26N2O4. The molecule has 30 heavy (non-hydrogen) atoms. The maximum Gasteiger partial charge on any atom is 0.259 e. The highest BCUT2D eigenvalue weighted by Gasteiger charge is 2.17.